The fourth-order valence-electron chi connectivity index (χ4n) is 1.57. The Morgan fingerprint density at radius 1 is 1.20 bits per heavy atom. The van der Waals surface area contributed by atoms with Crippen LogP contribution < -0.4 is 10.6 Å². The quantitative estimate of drug-likeness (QED) is 0.857. The number of halogens is 3. The predicted molar refractivity (Wildman–Crippen MR) is 82.7 cm³/mol. The molecule has 0 spiro atoms. The van der Waals surface area contributed by atoms with Crippen molar-refractivity contribution < 1.29 is 9.18 Å². The summed E-state index contributed by atoms with van der Waals surface area (Å²) in [4.78, 5) is 11.8. The van der Waals surface area contributed by atoms with Gasteiger partial charge in [0.15, 0.2) is 0 Å². The van der Waals surface area contributed by atoms with E-state index in [1.165, 1.54) is 12.1 Å². The van der Waals surface area contributed by atoms with Crippen LogP contribution in [0.3, 0.4) is 0 Å². The lowest BCUT2D eigenvalue weighted by atomic mass is 10.3. The third-order valence-corrected chi connectivity index (χ3v) is 3.50. The van der Waals surface area contributed by atoms with Crippen LogP contribution in [0, 0.1) is 5.82 Å². The lowest BCUT2D eigenvalue weighted by Crippen LogP contribution is -2.22. The Morgan fingerprint density at radius 3 is 2.65 bits per heavy atom. The number of anilines is 2. The van der Waals surface area contributed by atoms with E-state index in [4.69, 9.17) is 11.6 Å². The molecular weight excluding hydrogens is 347 g/mol. The molecule has 20 heavy (non-hydrogen) atoms. The standard InChI is InChI=1S/C14H11BrClFN2O/c15-10-7-9(17)5-6-12(10)18-8-14(20)19-13-4-2-1-3-11(13)16/h1-7,18H,8H2,(H,19,20). The molecule has 0 aliphatic rings. The van der Waals surface area contributed by atoms with E-state index in [0.29, 0.717) is 20.9 Å². The lowest BCUT2D eigenvalue weighted by molar-refractivity contribution is -0.114. The van der Waals surface area contributed by atoms with Gasteiger partial charge in [0.25, 0.3) is 0 Å². The van der Waals surface area contributed by atoms with Gasteiger partial charge in [-0.2, -0.15) is 0 Å². The van der Waals surface area contributed by atoms with Gasteiger partial charge < -0.3 is 10.6 Å². The first-order valence-electron chi connectivity index (χ1n) is 5.79. The Kier molecular flexibility index (Phi) is 4.98. The van der Waals surface area contributed by atoms with Crippen LogP contribution in [0.2, 0.25) is 5.02 Å². The van der Waals surface area contributed by atoms with E-state index < -0.39 is 0 Å². The summed E-state index contributed by atoms with van der Waals surface area (Å²) in [5.74, 6) is -0.586. The highest BCUT2D eigenvalue weighted by Crippen LogP contribution is 2.23. The zero-order valence-electron chi connectivity index (χ0n) is 10.3. The second-order valence-corrected chi connectivity index (χ2v) is 5.27. The minimum Gasteiger partial charge on any atom is -0.375 e. The molecule has 0 bridgehead atoms. The van der Waals surface area contributed by atoms with Gasteiger partial charge in [-0.25, -0.2) is 4.39 Å². The molecule has 104 valence electrons. The molecule has 0 saturated carbocycles. The van der Waals surface area contributed by atoms with Crippen LogP contribution in [0.15, 0.2) is 46.9 Å². The predicted octanol–water partition coefficient (Wildman–Crippen LogP) is 4.29. The zero-order valence-corrected chi connectivity index (χ0v) is 12.6. The van der Waals surface area contributed by atoms with Gasteiger partial charge in [0.2, 0.25) is 5.91 Å². The highest BCUT2D eigenvalue weighted by atomic mass is 79.9. The second kappa shape index (κ2) is 6.72. The summed E-state index contributed by atoms with van der Waals surface area (Å²) in [5.41, 5.74) is 1.19. The second-order valence-electron chi connectivity index (χ2n) is 4.01. The minimum absolute atomic E-state index is 0.0510. The summed E-state index contributed by atoms with van der Waals surface area (Å²) in [6, 6.07) is 11.2. The Hall–Kier alpha value is -1.59. The van der Waals surface area contributed by atoms with E-state index in [-0.39, 0.29) is 18.3 Å². The normalized spacial score (nSPS) is 10.2. The summed E-state index contributed by atoms with van der Waals surface area (Å²) in [7, 11) is 0. The van der Waals surface area contributed by atoms with Crippen LogP contribution in [-0.4, -0.2) is 12.5 Å². The molecule has 0 unspecified atom stereocenters. The molecule has 0 radical (unpaired) electrons. The molecule has 0 heterocycles. The topological polar surface area (TPSA) is 41.1 Å². The monoisotopic (exact) mass is 356 g/mol. The average molecular weight is 358 g/mol. The first kappa shape index (κ1) is 14.8. The van der Waals surface area contributed by atoms with Crippen molar-refractivity contribution in [2.75, 3.05) is 17.2 Å². The molecule has 3 nitrogen and oxygen atoms in total. The maximum Gasteiger partial charge on any atom is 0.243 e. The molecule has 0 atom stereocenters. The maximum absolute atomic E-state index is 12.9. The fraction of sp³-hybridized carbons (Fsp3) is 0.0714. The molecule has 2 aromatic rings. The van der Waals surface area contributed by atoms with E-state index in [2.05, 4.69) is 26.6 Å². The molecule has 0 fully saturated rings. The minimum atomic E-state index is -0.344. The summed E-state index contributed by atoms with van der Waals surface area (Å²) < 4.78 is 13.5. The van der Waals surface area contributed by atoms with E-state index in [1.807, 2.05) is 0 Å². The molecule has 6 heteroatoms. The van der Waals surface area contributed by atoms with Crippen molar-refractivity contribution in [1.29, 1.82) is 0 Å². The van der Waals surface area contributed by atoms with Gasteiger partial charge in [0.05, 0.1) is 17.3 Å². The fourth-order valence-corrected chi connectivity index (χ4v) is 2.24. The Bertz CT molecular complexity index is 636. The molecule has 1 amide bonds. The van der Waals surface area contributed by atoms with Gasteiger partial charge in [0, 0.05) is 10.2 Å². The molecule has 0 saturated heterocycles. The highest BCUT2D eigenvalue weighted by Gasteiger charge is 2.06. The van der Waals surface area contributed by atoms with Crippen molar-refractivity contribution in [3.8, 4) is 0 Å². The molecule has 0 aromatic heterocycles. The van der Waals surface area contributed by atoms with Gasteiger partial charge in [-0.15, -0.1) is 0 Å². The van der Waals surface area contributed by atoms with Crippen molar-refractivity contribution in [2.24, 2.45) is 0 Å². The third-order valence-electron chi connectivity index (χ3n) is 2.52. The Labute approximate surface area is 129 Å². The molecule has 0 aliphatic carbocycles. The number of nitrogens with one attached hydrogen (secondary N) is 2. The summed E-state index contributed by atoms with van der Waals surface area (Å²) in [6.45, 7) is 0.0510. The van der Waals surface area contributed by atoms with Crippen LogP contribution in [0.5, 0.6) is 0 Å². The van der Waals surface area contributed by atoms with Gasteiger partial charge in [-0.1, -0.05) is 23.7 Å². The number of hydrogen-bond acceptors (Lipinski definition) is 2. The van der Waals surface area contributed by atoms with E-state index in [0.717, 1.165) is 0 Å². The first-order valence-corrected chi connectivity index (χ1v) is 6.96. The number of benzene rings is 2. The van der Waals surface area contributed by atoms with Gasteiger partial charge in [-0.3, -0.25) is 4.79 Å². The zero-order chi connectivity index (χ0) is 14.5. The van der Waals surface area contributed by atoms with Crippen molar-refractivity contribution in [3.05, 3.63) is 57.8 Å². The summed E-state index contributed by atoms with van der Waals surface area (Å²) in [5, 5.41) is 6.08. The Morgan fingerprint density at radius 2 is 1.95 bits per heavy atom. The molecular formula is C14H11BrClFN2O. The first-order chi connectivity index (χ1) is 9.56. The number of amides is 1. The van der Waals surface area contributed by atoms with Crippen LogP contribution in [0.25, 0.3) is 0 Å². The van der Waals surface area contributed by atoms with Gasteiger partial charge >= 0.3 is 0 Å². The van der Waals surface area contributed by atoms with Gasteiger partial charge in [0.1, 0.15) is 5.82 Å². The van der Waals surface area contributed by atoms with Gasteiger partial charge in [-0.05, 0) is 46.3 Å². The molecule has 2 rings (SSSR count). The van der Waals surface area contributed by atoms with Crippen molar-refractivity contribution >= 4 is 44.8 Å². The third kappa shape index (κ3) is 3.95. The summed E-state index contributed by atoms with van der Waals surface area (Å²) in [6.07, 6.45) is 0. The van der Waals surface area contributed by atoms with Crippen molar-refractivity contribution in [1.82, 2.24) is 0 Å². The van der Waals surface area contributed by atoms with E-state index in [1.54, 1.807) is 30.3 Å². The number of carbonyl (C=O) groups is 1. The number of hydrogen-bond donors (Lipinski definition) is 2. The Balaban J connectivity index is 1.94. The SMILES string of the molecule is O=C(CNc1ccc(F)cc1Br)Nc1ccccc1Cl. The molecule has 2 aromatic carbocycles. The van der Waals surface area contributed by atoms with Crippen molar-refractivity contribution in [3.63, 3.8) is 0 Å². The van der Waals surface area contributed by atoms with E-state index >= 15 is 0 Å². The number of rotatable bonds is 4. The smallest absolute Gasteiger partial charge is 0.243 e. The number of para-hydroxylation sites is 1. The van der Waals surface area contributed by atoms with E-state index in [9.17, 15) is 9.18 Å². The van der Waals surface area contributed by atoms with Crippen LogP contribution in [-0.2, 0) is 4.79 Å². The maximum atomic E-state index is 12.9. The molecule has 2 N–H and O–H groups in total. The number of carbonyl (C=O) groups excluding carboxylic acids is 1. The van der Waals surface area contributed by atoms with Crippen LogP contribution in [0.1, 0.15) is 0 Å². The van der Waals surface area contributed by atoms with Crippen LogP contribution in [0.4, 0.5) is 15.8 Å². The largest absolute Gasteiger partial charge is 0.375 e. The highest BCUT2D eigenvalue weighted by molar-refractivity contribution is 9.10. The average Bonchev–Trinajstić information content (AvgIpc) is 2.40. The van der Waals surface area contributed by atoms with Crippen LogP contribution >= 0.6 is 27.5 Å². The molecule has 0 aliphatic heterocycles. The summed E-state index contributed by atoms with van der Waals surface area (Å²) >= 11 is 9.16. The van der Waals surface area contributed by atoms with Crippen molar-refractivity contribution in [2.45, 2.75) is 0 Å². The lowest BCUT2D eigenvalue weighted by Gasteiger charge is -2.10.